The number of carbonyl (C=O) groups excluding carboxylic acids is 3. The number of benzene rings is 1. The number of hydrogen-bond donors (Lipinski definition) is 2. The van der Waals surface area contributed by atoms with Gasteiger partial charge in [0, 0.05) is 32.6 Å². The maximum Gasteiger partial charge on any atom is 0.325 e. The second-order valence-corrected chi connectivity index (χ2v) is 7.33. The van der Waals surface area contributed by atoms with Crippen LogP contribution in [-0.2, 0) is 16.0 Å². The minimum Gasteiger partial charge on any atom is -0.341 e. The van der Waals surface area contributed by atoms with Crippen molar-refractivity contribution in [3.05, 3.63) is 35.9 Å². The number of nitrogens with one attached hydrogen (secondary N) is 1. The Bertz CT molecular complexity index is 686. The van der Waals surface area contributed by atoms with Gasteiger partial charge in [0.05, 0.1) is 0 Å². The van der Waals surface area contributed by atoms with Crippen molar-refractivity contribution in [2.24, 2.45) is 5.73 Å². The van der Waals surface area contributed by atoms with Crippen LogP contribution in [0.25, 0.3) is 0 Å². The lowest BCUT2D eigenvalue weighted by molar-refractivity contribution is -0.133. The smallest absolute Gasteiger partial charge is 0.325 e. The van der Waals surface area contributed by atoms with Crippen LogP contribution in [0, 0.1) is 0 Å². The summed E-state index contributed by atoms with van der Waals surface area (Å²) in [5.41, 5.74) is 6.09. The third-order valence-corrected chi connectivity index (χ3v) is 5.52. The Kier molecular flexibility index (Phi) is 6.11. The van der Waals surface area contributed by atoms with E-state index in [1.165, 1.54) is 4.90 Å². The molecule has 1 aromatic carbocycles. The lowest BCUT2D eigenvalue weighted by atomic mass is 9.98. The molecule has 0 atom stereocenters. The van der Waals surface area contributed by atoms with Crippen LogP contribution in [-0.4, -0.2) is 59.4 Å². The van der Waals surface area contributed by atoms with Crippen LogP contribution in [0.1, 0.15) is 37.7 Å². The predicted octanol–water partition coefficient (Wildman–Crippen LogP) is 1.27. The summed E-state index contributed by atoms with van der Waals surface area (Å²) >= 11 is 0. The van der Waals surface area contributed by atoms with Gasteiger partial charge in [0.15, 0.2) is 0 Å². The summed E-state index contributed by atoms with van der Waals surface area (Å²) < 4.78 is 0. The summed E-state index contributed by atoms with van der Waals surface area (Å²) in [6.07, 6.45) is 4.16. The lowest BCUT2D eigenvalue weighted by Gasteiger charge is -2.24. The van der Waals surface area contributed by atoms with E-state index >= 15 is 0 Å². The zero-order valence-electron chi connectivity index (χ0n) is 15.7. The van der Waals surface area contributed by atoms with Gasteiger partial charge in [-0.05, 0) is 24.8 Å². The Hall–Kier alpha value is -2.41. The lowest BCUT2D eigenvalue weighted by Crippen LogP contribution is -2.44. The average molecular weight is 372 g/mol. The number of carbonyl (C=O) groups is 3. The molecule has 7 heteroatoms. The van der Waals surface area contributed by atoms with Crippen molar-refractivity contribution in [2.45, 2.75) is 44.1 Å². The van der Waals surface area contributed by atoms with E-state index in [4.69, 9.17) is 5.73 Å². The van der Waals surface area contributed by atoms with E-state index in [1.807, 2.05) is 30.3 Å². The van der Waals surface area contributed by atoms with Gasteiger partial charge in [-0.2, -0.15) is 0 Å². The Morgan fingerprint density at radius 3 is 2.52 bits per heavy atom. The second-order valence-electron chi connectivity index (χ2n) is 7.33. The molecule has 2 aliphatic rings. The van der Waals surface area contributed by atoms with Gasteiger partial charge in [-0.25, -0.2) is 4.79 Å². The SMILES string of the molecule is NCCN(CCc1ccccc1)C(=O)CCN1C(=O)NC2(CCCC2)C1=O. The quantitative estimate of drug-likeness (QED) is 0.672. The molecule has 1 aromatic rings. The van der Waals surface area contributed by atoms with Crippen LogP contribution in [0.5, 0.6) is 0 Å². The fraction of sp³-hybridized carbons (Fsp3) is 0.550. The summed E-state index contributed by atoms with van der Waals surface area (Å²) in [5, 5.41) is 2.85. The van der Waals surface area contributed by atoms with Gasteiger partial charge in [0.25, 0.3) is 5.91 Å². The molecular formula is C20H28N4O3. The number of imide groups is 1. The summed E-state index contributed by atoms with van der Waals surface area (Å²) in [7, 11) is 0. The molecular weight excluding hydrogens is 344 g/mol. The van der Waals surface area contributed by atoms with Gasteiger partial charge in [0.2, 0.25) is 5.91 Å². The van der Waals surface area contributed by atoms with Gasteiger partial charge in [-0.3, -0.25) is 14.5 Å². The van der Waals surface area contributed by atoms with E-state index in [1.54, 1.807) is 4.90 Å². The zero-order valence-corrected chi connectivity index (χ0v) is 15.7. The van der Waals surface area contributed by atoms with Crippen molar-refractivity contribution in [2.75, 3.05) is 26.2 Å². The highest BCUT2D eigenvalue weighted by Gasteiger charge is 2.52. The van der Waals surface area contributed by atoms with E-state index in [-0.39, 0.29) is 30.8 Å². The molecule has 7 nitrogen and oxygen atoms in total. The molecule has 1 spiro atoms. The first-order valence-electron chi connectivity index (χ1n) is 9.72. The number of amides is 4. The van der Waals surface area contributed by atoms with Gasteiger partial charge in [0.1, 0.15) is 5.54 Å². The molecule has 146 valence electrons. The van der Waals surface area contributed by atoms with Gasteiger partial charge >= 0.3 is 6.03 Å². The highest BCUT2D eigenvalue weighted by molar-refractivity contribution is 6.07. The first kappa shape index (κ1) is 19.4. The molecule has 2 fully saturated rings. The standard InChI is InChI=1S/C20H28N4O3/c21-12-15-23(13-8-16-6-2-1-3-7-16)17(25)9-14-24-18(26)20(22-19(24)27)10-4-5-11-20/h1-3,6-7H,4-5,8-15,21H2,(H,22,27). The number of hydrogen-bond acceptors (Lipinski definition) is 4. The molecule has 1 saturated heterocycles. The third kappa shape index (κ3) is 4.30. The van der Waals surface area contributed by atoms with Crippen LogP contribution < -0.4 is 11.1 Å². The normalized spacial score (nSPS) is 18.2. The molecule has 0 unspecified atom stereocenters. The van der Waals surface area contributed by atoms with Gasteiger partial charge < -0.3 is 16.0 Å². The maximum atomic E-state index is 12.7. The molecule has 0 radical (unpaired) electrons. The Morgan fingerprint density at radius 2 is 1.85 bits per heavy atom. The molecule has 1 heterocycles. The van der Waals surface area contributed by atoms with Crippen molar-refractivity contribution in [1.29, 1.82) is 0 Å². The molecule has 0 bridgehead atoms. The Morgan fingerprint density at radius 1 is 1.15 bits per heavy atom. The highest BCUT2D eigenvalue weighted by Crippen LogP contribution is 2.35. The zero-order chi connectivity index (χ0) is 19.3. The van der Waals surface area contributed by atoms with E-state index < -0.39 is 5.54 Å². The third-order valence-electron chi connectivity index (χ3n) is 5.52. The van der Waals surface area contributed by atoms with Crippen molar-refractivity contribution in [1.82, 2.24) is 15.1 Å². The molecule has 1 aliphatic carbocycles. The monoisotopic (exact) mass is 372 g/mol. The minimum atomic E-state index is -0.718. The molecule has 1 aliphatic heterocycles. The second kappa shape index (κ2) is 8.52. The minimum absolute atomic E-state index is 0.0793. The number of urea groups is 1. The number of rotatable bonds is 8. The first-order chi connectivity index (χ1) is 13.1. The fourth-order valence-electron chi connectivity index (χ4n) is 3.99. The van der Waals surface area contributed by atoms with Crippen LogP contribution in [0.3, 0.4) is 0 Å². The summed E-state index contributed by atoms with van der Waals surface area (Å²) in [4.78, 5) is 40.4. The molecule has 4 amide bonds. The summed E-state index contributed by atoms with van der Waals surface area (Å²) in [6, 6.07) is 9.59. The molecule has 3 rings (SSSR count). The number of nitrogens with zero attached hydrogens (tertiary/aromatic N) is 2. The van der Waals surface area contributed by atoms with E-state index in [9.17, 15) is 14.4 Å². The average Bonchev–Trinajstić information content (AvgIpc) is 3.23. The maximum absolute atomic E-state index is 12.7. The molecule has 0 aromatic heterocycles. The summed E-state index contributed by atoms with van der Waals surface area (Å²) in [5.74, 6) is -0.253. The van der Waals surface area contributed by atoms with Gasteiger partial charge in [-0.1, -0.05) is 43.2 Å². The molecule has 27 heavy (non-hydrogen) atoms. The summed E-state index contributed by atoms with van der Waals surface area (Å²) in [6.45, 7) is 1.55. The van der Waals surface area contributed by atoms with Crippen LogP contribution >= 0.6 is 0 Å². The van der Waals surface area contributed by atoms with Crippen LogP contribution in [0.15, 0.2) is 30.3 Å². The van der Waals surface area contributed by atoms with E-state index in [0.29, 0.717) is 32.5 Å². The van der Waals surface area contributed by atoms with E-state index in [0.717, 1.165) is 24.8 Å². The Labute approximate surface area is 159 Å². The van der Waals surface area contributed by atoms with Crippen molar-refractivity contribution >= 4 is 17.8 Å². The van der Waals surface area contributed by atoms with Crippen molar-refractivity contribution in [3.63, 3.8) is 0 Å². The molecule has 3 N–H and O–H groups in total. The fourth-order valence-corrected chi connectivity index (χ4v) is 3.99. The van der Waals surface area contributed by atoms with Gasteiger partial charge in [-0.15, -0.1) is 0 Å². The van der Waals surface area contributed by atoms with E-state index in [2.05, 4.69) is 5.32 Å². The predicted molar refractivity (Wildman–Crippen MR) is 102 cm³/mol. The van der Waals surface area contributed by atoms with Crippen molar-refractivity contribution in [3.8, 4) is 0 Å². The first-order valence-corrected chi connectivity index (χ1v) is 9.72. The van der Waals surface area contributed by atoms with Crippen LogP contribution in [0.4, 0.5) is 4.79 Å². The topological polar surface area (TPSA) is 95.7 Å². The largest absolute Gasteiger partial charge is 0.341 e. The van der Waals surface area contributed by atoms with Crippen LogP contribution in [0.2, 0.25) is 0 Å². The highest BCUT2D eigenvalue weighted by atomic mass is 16.2. The molecule has 1 saturated carbocycles. The van der Waals surface area contributed by atoms with Crippen molar-refractivity contribution < 1.29 is 14.4 Å². The Balaban J connectivity index is 1.54. The number of nitrogens with two attached hydrogens (primary N) is 1.